The van der Waals surface area contributed by atoms with Crippen LogP contribution in [0.1, 0.15) is 61.0 Å². The second kappa shape index (κ2) is 12.7. The Morgan fingerprint density at radius 1 is 0.872 bits per heavy atom. The Labute approximate surface area is 276 Å². The Morgan fingerprint density at radius 2 is 1.55 bits per heavy atom. The first kappa shape index (κ1) is 30.2. The quantitative estimate of drug-likeness (QED) is 0.133. The summed E-state index contributed by atoms with van der Waals surface area (Å²) < 4.78 is 14.8. The summed E-state index contributed by atoms with van der Waals surface area (Å²) in [5.41, 5.74) is 7.84. The molecular formula is C36H29ClN6O4. The minimum absolute atomic E-state index is 0.0389. The molecule has 0 aliphatic carbocycles. The summed E-state index contributed by atoms with van der Waals surface area (Å²) in [6.07, 6.45) is 9.24. The maximum atomic E-state index is 13.2. The molecule has 5 aromatic rings. The fourth-order valence-corrected chi connectivity index (χ4v) is 6.15. The predicted molar refractivity (Wildman–Crippen MR) is 176 cm³/mol. The topological polar surface area (TPSA) is 104 Å². The molecule has 3 aromatic carbocycles. The number of hydrogen-bond acceptors (Lipinski definition) is 8. The lowest BCUT2D eigenvalue weighted by atomic mass is 9.98. The number of aliphatic imine (C=N–C) groups is 1. The van der Waals surface area contributed by atoms with Gasteiger partial charge in [-0.1, -0.05) is 47.9 Å². The number of benzene rings is 3. The SMILES string of the molecule is C#Cc1ccc2c(c1)C(c1ccccc1)=NCc1c(C(=O)OCCCOC(=O)c3ncn4c3CN(C)Cc3cc(Cl)ccc3-4)ncn1-2. The van der Waals surface area contributed by atoms with Crippen molar-refractivity contribution in [1.29, 1.82) is 0 Å². The molecule has 7 rings (SSSR count). The van der Waals surface area contributed by atoms with Crippen LogP contribution >= 0.6 is 11.6 Å². The number of rotatable bonds is 7. The molecule has 0 saturated heterocycles. The summed E-state index contributed by atoms with van der Waals surface area (Å²) in [5, 5.41) is 0.652. The van der Waals surface area contributed by atoms with Crippen LogP contribution in [0.4, 0.5) is 0 Å². The number of imidazole rings is 2. The van der Waals surface area contributed by atoms with Crippen LogP contribution in [0.25, 0.3) is 11.4 Å². The van der Waals surface area contributed by atoms with E-state index >= 15 is 0 Å². The second-order valence-corrected chi connectivity index (χ2v) is 11.7. The Hall–Kier alpha value is -5.50. The lowest BCUT2D eigenvalue weighted by Crippen LogP contribution is -2.19. The monoisotopic (exact) mass is 644 g/mol. The minimum Gasteiger partial charge on any atom is -0.461 e. The van der Waals surface area contributed by atoms with Crippen LogP contribution in [-0.4, -0.2) is 61.9 Å². The minimum atomic E-state index is -0.577. The van der Waals surface area contributed by atoms with Gasteiger partial charge in [-0.05, 0) is 49.0 Å². The Bertz CT molecular complexity index is 2090. The standard InChI is InChI=1S/C36H29ClN6O4/c1-3-23-10-12-29-27(16-23)32(24-8-5-4-6-9-24)38-18-30-33(39-22-43(29)30)35(44)46-14-7-15-47-36(45)34-31-20-41(2)19-25-17-26(37)11-13-28(25)42(31)21-40-34/h1,4-6,8-13,16-17,21-22H,7,14-15,18-20H2,2H3. The van der Waals surface area contributed by atoms with Crippen molar-refractivity contribution in [3.63, 3.8) is 0 Å². The van der Waals surface area contributed by atoms with E-state index in [1.807, 2.05) is 82.9 Å². The molecule has 2 aromatic heterocycles. The van der Waals surface area contributed by atoms with Gasteiger partial charge in [0.2, 0.25) is 0 Å². The van der Waals surface area contributed by atoms with Crippen LogP contribution in [0.5, 0.6) is 0 Å². The Balaban J connectivity index is 1.01. The average Bonchev–Trinajstić information content (AvgIpc) is 3.61. The first-order valence-corrected chi connectivity index (χ1v) is 15.4. The van der Waals surface area contributed by atoms with Crippen LogP contribution in [0.3, 0.4) is 0 Å². The van der Waals surface area contributed by atoms with E-state index < -0.39 is 11.9 Å². The first-order valence-electron chi connectivity index (χ1n) is 15.1. The number of terminal acetylenes is 1. The molecule has 0 amide bonds. The largest absolute Gasteiger partial charge is 0.461 e. The summed E-state index contributed by atoms with van der Waals surface area (Å²) >= 11 is 6.22. The fourth-order valence-electron chi connectivity index (χ4n) is 5.96. The molecule has 0 atom stereocenters. The third-order valence-electron chi connectivity index (χ3n) is 8.15. The van der Waals surface area contributed by atoms with Gasteiger partial charge in [0.25, 0.3) is 0 Å². The van der Waals surface area contributed by atoms with E-state index in [0.29, 0.717) is 30.2 Å². The highest BCUT2D eigenvalue weighted by atomic mass is 35.5. The maximum Gasteiger partial charge on any atom is 0.358 e. The van der Waals surface area contributed by atoms with Crippen molar-refractivity contribution < 1.29 is 19.1 Å². The second-order valence-electron chi connectivity index (χ2n) is 11.3. The van der Waals surface area contributed by atoms with Crippen molar-refractivity contribution >= 4 is 29.3 Å². The average molecular weight is 645 g/mol. The number of aromatic nitrogens is 4. The van der Waals surface area contributed by atoms with Gasteiger partial charge in [0.15, 0.2) is 11.4 Å². The smallest absolute Gasteiger partial charge is 0.358 e. The number of esters is 2. The lowest BCUT2D eigenvalue weighted by Gasteiger charge is -2.13. The van der Waals surface area contributed by atoms with E-state index in [0.717, 1.165) is 45.0 Å². The molecule has 0 spiro atoms. The molecule has 0 bridgehead atoms. The van der Waals surface area contributed by atoms with Crippen molar-refractivity contribution in [2.75, 3.05) is 20.3 Å². The van der Waals surface area contributed by atoms with Gasteiger partial charge in [-0.2, -0.15) is 0 Å². The number of carbonyl (C=O) groups is 2. The zero-order valence-corrected chi connectivity index (χ0v) is 26.3. The summed E-state index contributed by atoms with van der Waals surface area (Å²) in [5.74, 6) is 1.58. The highest BCUT2D eigenvalue weighted by Gasteiger charge is 2.27. The number of hydrogen-bond donors (Lipinski definition) is 0. The number of halogens is 1. The molecule has 47 heavy (non-hydrogen) atoms. The van der Waals surface area contributed by atoms with Gasteiger partial charge in [-0.15, -0.1) is 6.42 Å². The van der Waals surface area contributed by atoms with E-state index in [9.17, 15) is 9.59 Å². The molecule has 0 radical (unpaired) electrons. The molecule has 2 aliphatic rings. The van der Waals surface area contributed by atoms with Crippen LogP contribution in [0.15, 0.2) is 84.4 Å². The fraction of sp³-hybridized carbons (Fsp3) is 0.194. The van der Waals surface area contributed by atoms with Crippen molar-refractivity contribution in [3.8, 4) is 23.7 Å². The Kier molecular flexibility index (Phi) is 8.16. The van der Waals surface area contributed by atoms with E-state index in [-0.39, 0.29) is 31.1 Å². The van der Waals surface area contributed by atoms with E-state index in [1.165, 1.54) is 0 Å². The van der Waals surface area contributed by atoms with Gasteiger partial charge in [-0.25, -0.2) is 19.6 Å². The normalized spacial score (nSPS) is 13.5. The van der Waals surface area contributed by atoms with Gasteiger partial charge in [0.05, 0.1) is 48.2 Å². The van der Waals surface area contributed by atoms with Crippen LogP contribution in [0.2, 0.25) is 5.02 Å². The third kappa shape index (κ3) is 5.83. The Morgan fingerprint density at radius 3 is 2.28 bits per heavy atom. The molecule has 2 aliphatic heterocycles. The van der Waals surface area contributed by atoms with Crippen molar-refractivity contribution in [2.24, 2.45) is 4.99 Å². The molecule has 0 saturated carbocycles. The molecule has 0 fully saturated rings. The summed E-state index contributed by atoms with van der Waals surface area (Å²) in [6, 6.07) is 21.2. The van der Waals surface area contributed by atoms with Gasteiger partial charge >= 0.3 is 11.9 Å². The number of ether oxygens (including phenoxy) is 2. The van der Waals surface area contributed by atoms with Crippen LogP contribution in [0, 0.1) is 12.3 Å². The van der Waals surface area contributed by atoms with Crippen LogP contribution in [-0.2, 0) is 29.1 Å². The number of fused-ring (bicyclic) bond motifs is 6. The van der Waals surface area contributed by atoms with Crippen molar-refractivity contribution in [2.45, 2.75) is 26.1 Å². The highest BCUT2D eigenvalue weighted by Crippen LogP contribution is 2.29. The predicted octanol–water partition coefficient (Wildman–Crippen LogP) is 5.39. The highest BCUT2D eigenvalue weighted by molar-refractivity contribution is 6.30. The van der Waals surface area contributed by atoms with E-state index in [4.69, 9.17) is 32.5 Å². The molecule has 0 N–H and O–H groups in total. The van der Waals surface area contributed by atoms with Gasteiger partial charge in [-0.3, -0.25) is 14.5 Å². The number of carbonyl (C=O) groups excluding carboxylic acids is 2. The zero-order valence-electron chi connectivity index (χ0n) is 25.5. The van der Waals surface area contributed by atoms with Gasteiger partial charge in [0.1, 0.15) is 12.7 Å². The van der Waals surface area contributed by atoms with E-state index in [1.54, 1.807) is 12.7 Å². The maximum absolute atomic E-state index is 13.2. The molecule has 4 heterocycles. The van der Waals surface area contributed by atoms with Crippen LogP contribution < -0.4 is 0 Å². The summed E-state index contributed by atoms with van der Waals surface area (Å²) in [4.78, 5) is 41.9. The summed E-state index contributed by atoms with van der Waals surface area (Å²) in [7, 11) is 1.97. The molecule has 234 valence electrons. The first-order chi connectivity index (χ1) is 22.9. The molecule has 10 nitrogen and oxygen atoms in total. The third-order valence-corrected chi connectivity index (χ3v) is 8.38. The van der Waals surface area contributed by atoms with Gasteiger partial charge in [0, 0.05) is 41.2 Å². The lowest BCUT2D eigenvalue weighted by molar-refractivity contribution is 0.0387. The van der Waals surface area contributed by atoms with Crippen molar-refractivity contribution in [3.05, 3.63) is 129 Å². The molecule has 0 unspecified atom stereocenters. The molecule has 11 heteroatoms. The summed E-state index contributed by atoms with van der Waals surface area (Å²) in [6.45, 7) is 1.50. The molecular weight excluding hydrogens is 616 g/mol. The van der Waals surface area contributed by atoms with Crippen molar-refractivity contribution in [1.82, 2.24) is 24.0 Å². The number of nitrogens with zero attached hydrogens (tertiary/aromatic N) is 6. The zero-order chi connectivity index (χ0) is 32.5. The van der Waals surface area contributed by atoms with Gasteiger partial charge < -0.3 is 14.0 Å². The van der Waals surface area contributed by atoms with E-state index in [2.05, 4.69) is 20.8 Å².